The molecular formula is C26H24N4O4S. The van der Waals surface area contributed by atoms with Crippen molar-refractivity contribution in [3.8, 4) is 0 Å². The number of ketones is 1. The van der Waals surface area contributed by atoms with Crippen LogP contribution in [0.5, 0.6) is 0 Å². The summed E-state index contributed by atoms with van der Waals surface area (Å²) in [5.74, 6) is -0.830. The number of fused-ring (bicyclic) bond motifs is 1. The maximum atomic E-state index is 13.4. The quantitative estimate of drug-likeness (QED) is 0.363. The van der Waals surface area contributed by atoms with E-state index in [1.165, 1.54) is 17.8 Å². The molecule has 1 atom stereocenters. The molecule has 2 aromatic carbocycles. The number of Topliss-reactive ketones (excluding diaryl/α,β-unsaturated/α-hetero) is 1. The molecule has 2 amide bonds. The number of carbonyl (C=O) groups is 3. The van der Waals surface area contributed by atoms with Crippen molar-refractivity contribution in [3.63, 3.8) is 0 Å². The first kappa shape index (κ1) is 24.0. The summed E-state index contributed by atoms with van der Waals surface area (Å²) in [6.07, 6.45) is 1.69. The molecule has 2 N–H and O–H groups in total. The molecule has 35 heavy (non-hydrogen) atoms. The Balaban J connectivity index is 1.65. The predicted molar refractivity (Wildman–Crippen MR) is 137 cm³/mol. The SMILES string of the molecule is CCC(C(=O)Nc1cccc(C(C)=O)c1)n1cnc2sc(C(=O)Nc3ccccc3)c(C)c2c1=O. The summed E-state index contributed by atoms with van der Waals surface area (Å²) in [5.41, 5.74) is 1.73. The van der Waals surface area contributed by atoms with Gasteiger partial charge in [-0.3, -0.25) is 23.7 Å². The summed E-state index contributed by atoms with van der Waals surface area (Å²) >= 11 is 1.14. The Morgan fingerprint density at radius 1 is 1.03 bits per heavy atom. The van der Waals surface area contributed by atoms with Crippen LogP contribution in [-0.2, 0) is 4.79 Å². The van der Waals surface area contributed by atoms with Gasteiger partial charge in [-0.05, 0) is 50.1 Å². The molecule has 0 fully saturated rings. The van der Waals surface area contributed by atoms with Gasteiger partial charge in [-0.2, -0.15) is 0 Å². The Labute approximate surface area is 205 Å². The number of amides is 2. The molecular weight excluding hydrogens is 464 g/mol. The maximum Gasteiger partial charge on any atom is 0.266 e. The molecule has 0 saturated heterocycles. The number of aryl methyl sites for hydroxylation is 1. The third-order valence-electron chi connectivity index (χ3n) is 5.68. The average Bonchev–Trinajstić information content (AvgIpc) is 3.19. The van der Waals surface area contributed by atoms with Crippen LogP contribution in [0.2, 0.25) is 0 Å². The van der Waals surface area contributed by atoms with E-state index in [0.29, 0.717) is 44.0 Å². The third-order valence-corrected chi connectivity index (χ3v) is 6.87. The smallest absolute Gasteiger partial charge is 0.266 e. The van der Waals surface area contributed by atoms with E-state index in [1.54, 1.807) is 50.2 Å². The van der Waals surface area contributed by atoms with Gasteiger partial charge in [0.25, 0.3) is 11.5 Å². The van der Waals surface area contributed by atoms with Crippen molar-refractivity contribution in [1.29, 1.82) is 0 Å². The van der Waals surface area contributed by atoms with Crippen LogP contribution < -0.4 is 16.2 Å². The summed E-state index contributed by atoms with van der Waals surface area (Å²) in [4.78, 5) is 56.2. The second-order valence-electron chi connectivity index (χ2n) is 8.06. The van der Waals surface area contributed by atoms with Gasteiger partial charge in [-0.15, -0.1) is 11.3 Å². The van der Waals surface area contributed by atoms with Crippen LogP contribution in [0, 0.1) is 6.92 Å². The van der Waals surface area contributed by atoms with Gasteiger partial charge in [0.2, 0.25) is 5.91 Å². The number of benzene rings is 2. The summed E-state index contributed by atoms with van der Waals surface area (Å²) in [6, 6.07) is 14.9. The van der Waals surface area contributed by atoms with Crippen molar-refractivity contribution < 1.29 is 14.4 Å². The van der Waals surface area contributed by atoms with Gasteiger partial charge in [0.05, 0.1) is 16.6 Å². The zero-order valence-electron chi connectivity index (χ0n) is 19.5. The van der Waals surface area contributed by atoms with Crippen LogP contribution in [0.3, 0.4) is 0 Å². The number of carbonyl (C=O) groups excluding carboxylic acids is 3. The molecule has 1 unspecified atom stereocenters. The molecule has 0 aliphatic heterocycles. The predicted octanol–water partition coefficient (Wildman–Crippen LogP) is 4.81. The summed E-state index contributed by atoms with van der Waals surface area (Å²) in [6.45, 7) is 4.96. The standard InChI is InChI=1S/C26H24N4O4S/c1-4-20(23(32)29-19-12-8-9-17(13-19)16(3)31)30-14-27-25-21(26(30)34)15(2)22(35-25)24(33)28-18-10-6-5-7-11-18/h5-14,20H,4H2,1-3H3,(H,28,33)(H,29,32). The van der Waals surface area contributed by atoms with Crippen molar-refractivity contribution in [2.45, 2.75) is 33.2 Å². The Kier molecular flexibility index (Phi) is 6.88. The molecule has 0 bridgehead atoms. The number of nitrogens with one attached hydrogen (secondary N) is 2. The monoisotopic (exact) mass is 488 g/mol. The van der Waals surface area contributed by atoms with Crippen LogP contribution in [0.1, 0.15) is 51.9 Å². The first-order valence-electron chi connectivity index (χ1n) is 11.1. The van der Waals surface area contributed by atoms with E-state index in [4.69, 9.17) is 0 Å². The van der Waals surface area contributed by atoms with Gasteiger partial charge in [-0.25, -0.2) is 4.98 Å². The first-order valence-corrected chi connectivity index (χ1v) is 11.9. The molecule has 0 saturated carbocycles. The van der Waals surface area contributed by atoms with Crippen LogP contribution >= 0.6 is 11.3 Å². The van der Waals surface area contributed by atoms with Crippen LogP contribution in [0.25, 0.3) is 10.2 Å². The first-order chi connectivity index (χ1) is 16.8. The lowest BCUT2D eigenvalue weighted by atomic mass is 10.1. The minimum atomic E-state index is -0.818. The van der Waals surface area contributed by atoms with E-state index in [2.05, 4.69) is 15.6 Å². The van der Waals surface area contributed by atoms with Gasteiger partial charge in [-0.1, -0.05) is 37.3 Å². The molecule has 8 nitrogen and oxygen atoms in total. The second-order valence-corrected chi connectivity index (χ2v) is 9.06. The third kappa shape index (κ3) is 4.90. The number of hydrogen-bond donors (Lipinski definition) is 2. The fourth-order valence-corrected chi connectivity index (χ4v) is 4.87. The van der Waals surface area contributed by atoms with E-state index in [0.717, 1.165) is 11.3 Å². The molecule has 9 heteroatoms. The van der Waals surface area contributed by atoms with Gasteiger partial charge in [0, 0.05) is 16.9 Å². The highest BCUT2D eigenvalue weighted by Gasteiger charge is 2.25. The zero-order valence-corrected chi connectivity index (χ0v) is 20.3. The zero-order chi connectivity index (χ0) is 25.1. The number of para-hydroxylation sites is 1. The van der Waals surface area contributed by atoms with Crippen LogP contribution in [0.15, 0.2) is 65.7 Å². The number of anilines is 2. The minimum absolute atomic E-state index is 0.112. The highest BCUT2D eigenvalue weighted by Crippen LogP contribution is 2.28. The summed E-state index contributed by atoms with van der Waals surface area (Å²) < 4.78 is 1.30. The van der Waals surface area contributed by atoms with E-state index in [9.17, 15) is 19.2 Å². The Hall–Kier alpha value is -4.11. The van der Waals surface area contributed by atoms with Gasteiger partial charge < -0.3 is 10.6 Å². The van der Waals surface area contributed by atoms with Crippen molar-refractivity contribution in [2.75, 3.05) is 10.6 Å². The number of nitrogens with zero attached hydrogens (tertiary/aromatic N) is 2. The van der Waals surface area contributed by atoms with Gasteiger partial charge in [0.1, 0.15) is 10.9 Å². The molecule has 2 heterocycles. The topological polar surface area (TPSA) is 110 Å². The summed E-state index contributed by atoms with van der Waals surface area (Å²) in [5, 5.41) is 5.94. The van der Waals surface area contributed by atoms with Crippen molar-refractivity contribution >= 4 is 50.5 Å². The van der Waals surface area contributed by atoms with Gasteiger partial charge >= 0.3 is 0 Å². The summed E-state index contributed by atoms with van der Waals surface area (Å²) in [7, 11) is 0. The fraction of sp³-hybridized carbons (Fsp3) is 0.192. The normalized spacial score (nSPS) is 11.7. The molecule has 0 radical (unpaired) electrons. The number of thiophene rings is 1. The Morgan fingerprint density at radius 3 is 2.43 bits per heavy atom. The Morgan fingerprint density at radius 2 is 1.74 bits per heavy atom. The number of aromatic nitrogens is 2. The number of hydrogen-bond acceptors (Lipinski definition) is 6. The van der Waals surface area contributed by atoms with E-state index < -0.39 is 11.9 Å². The van der Waals surface area contributed by atoms with Gasteiger partial charge in [0.15, 0.2) is 5.78 Å². The molecule has 4 rings (SSSR count). The molecule has 0 spiro atoms. The highest BCUT2D eigenvalue weighted by atomic mass is 32.1. The highest BCUT2D eigenvalue weighted by molar-refractivity contribution is 7.20. The van der Waals surface area contributed by atoms with E-state index >= 15 is 0 Å². The van der Waals surface area contributed by atoms with E-state index in [1.807, 2.05) is 18.2 Å². The van der Waals surface area contributed by atoms with Crippen molar-refractivity contribution in [3.05, 3.63) is 87.3 Å². The van der Waals surface area contributed by atoms with Crippen molar-refractivity contribution in [2.24, 2.45) is 0 Å². The lowest BCUT2D eigenvalue weighted by Crippen LogP contribution is -2.33. The van der Waals surface area contributed by atoms with Crippen molar-refractivity contribution in [1.82, 2.24) is 9.55 Å². The number of rotatable bonds is 7. The van der Waals surface area contributed by atoms with Crippen LogP contribution in [-0.4, -0.2) is 27.1 Å². The average molecular weight is 489 g/mol. The van der Waals surface area contributed by atoms with Crippen LogP contribution in [0.4, 0.5) is 11.4 Å². The largest absolute Gasteiger partial charge is 0.324 e. The lowest BCUT2D eigenvalue weighted by molar-refractivity contribution is -0.119. The molecule has 178 valence electrons. The molecule has 2 aromatic heterocycles. The second kappa shape index (κ2) is 10.0. The minimum Gasteiger partial charge on any atom is -0.324 e. The molecule has 0 aliphatic rings. The maximum absolute atomic E-state index is 13.4. The molecule has 0 aliphatic carbocycles. The van der Waals surface area contributed by atoms with E-state index in [-0.39, 0.29) is 17.2 Å². The molecule has 4 aromatic rings. The fourth-order valence-electron chi connectivity index (χ4n) is 3.84. The Bertz CT molecular complexity index is 1490. The lowest BCUT2D eigenvalue weighted by Gasteiger charge is -2.18.